The van der Waals surface area contributed by atoms with E-state index in [1.807, 2.05) is 0 Å². The van der Waals surface area contributed by atoms with Crippen molar-refractivity contribution in [2.24, 2.45) is 5.73 Å². The molecule has 112 valence electrons. The first-order valence-corrected chi connectivity index (χ1v) is 7.74. The highest BCUT2D eigenvalue weighted by Gasteiger charge is 2.26. The van der Waals surface area contributed by atoms with Crippen LogP contribution in [-0.2, 0) is 11.8 Å². The summed E-state index contributed by atoms with van der Waals surface area (Å²) in [5.74, 6) is 0. The minimum absolute atomic E-state index is 0.00392. The lowest BCUT2D eigenvalue weighted by Gasteiger charge is -2.30. The molecule has 0 aromatic heterocycles. The molecule has 0 aliphatic carbocycles. The van der Waals surface area contributed by atoms with Gasteiger partial charge in [-0.2, -0.15) is 0 Å². The van der Waals surface area contributed by atoms with E-state index in [1.165, 1.54) is 27.8 Å². The smallest absolute Gasteiger partial charge is 0.0149 e. The fourth-order valence-corrected chi connectivity index (χ4v) is 3.15. The molecule has 2 N–H and O–H groups in total. The molecule has 0 saturated carbocycles. The highest BCUT2D eigenvalue weighted by Crippen LogP contribution is 2.35. The Balaban J connectivity index is 2.55. The summed E-state index contributed by atoms with van der Waals surface area (Å²) in [5, 5.41) is 0. The summed E-state index contributed by atoms with van der Waals surface area (Å²) in [5.41, 5.74) is 12.9. The van der Waals surface area contributed by atoms with Crippen LogP contribution in [0.4, 0.5) is 0 Å². The van der Waals surface area contributed by atoms with Gasteiger partial charge in [-0.15, -0.1) is 0 Å². The van der Waals surface area contributed by atoms with E-state index < -0.39 is 0 Å². The Hall–Kier alpha value is -1.60. The van der Waals surface area contributed by atoms with E-state index in [9.17, 15) is 0 Å². The van der Waals surface area contributed by atoms with Crippen LogP contribution < -0.4 is 5.73 Å². The lowest BCUT2D eigenvalue weighted by molar-refractivity contribution is 0.631. The van der Waals surface area contributed by atoms with Crippen molar-refractivity contribution in [3.05, 3.63) is 70.3 Å². The van der Waals surface area contributed by atoms with Crippen molar-refractivity contribution in [2.45, 2.75) is 52.5 Å². The van der Waals surface area contributed by atoms with Crippen molar-refractivity contribution in [1.29, 1.82) is 0 Å². The molecule has 0 amide bonds. The first kappa shape index (κ1) is 15.8. The number of hydrogen-bond acceptors (Lipinski definition) is 1. The number of aryl methyl sites for hydroxylation is 1. The Morgan fingerprint density at radius 1 is 1.05 bits per heavy atom. The van der Waals surface area contributed by atoms with Gasteiger partial charge in [0, 0.05) is 11.5 Å². The molecule has 1 nitrogen and oxygen atoms in total. The molecule has 0 spiro atoms. The Bertz CT molecular complexity index is 609. The van der Waals surface area contributed by atoms with Crippen LogP contribution >= 0.6 is 0 Å². The second kappa shape index (κ2) is 6.03. The SMILES string of the molecule is Cc1cc(CC(C)N)c(C)c(C(C)(C)c2ccccc2)c1. The molecule has 0 aliphatic heterocycles. The molecule has 2 aromatic carbocycles. The molecule has 0 heterocycles. The highest BCUT2D eigenvalue weighted by atomic mass is 14.6. The van der Waals surface area contributed by atoms with E-state index in [2.05, 4.69) is 77.1 Å². The zero-order valence-electron chi connectivity index (χ0n) is 13.9. The van der Waals surface area contributed by atoms with Crippen molar-refractivity contribution < 1.29 is 0 Å². The van der Waals surface area contributed by atoms with Gasteiger partial charge in [-0.3, -0.25) is 0 Å². The molecule has 1 heteroatoms. The summed E-state index contributed by atoms with van der Waals surface area (Å²) < 4.78 is 0. The van der Waals surface area contributed by atoms with E-state index >= 15 is 0 Å². The van der Waals surface area contributed by atoms with Gasteiger partial charge in [-0.1, -0.05) is 61.9 Å². The van der Waals surface area contributed by atoms with Crippen LogP contribution in [0.2, 0.25) is 0 Å². The Morgan fingerprint density at radius 2 is 1.67 bits per heavy atom. The van der Waals surface area contributed by atoms with Gasteiger partial charge in [-0.25, -0.2) is 0 Å². The van der Waals surface area contributed by atoms with Crippen molar-refractivity contribution in [3.63, 3.8) is 0 Å². The molecule has 0 fully saturated rings. The number of rotatable bonds is 4. The molecule has 1 unspecified atom stereocenters. The Labute approximate surface area is 129 Å². The van der Waals surface area contributed by atoms with Crippen molar-refractivity contribution in [2.75, 3.05) is 0 Å². The maximum atomic E-state index is 6.01. The van der Waals surface area contributed by atoms with E-state index in [0.29, 0.717) is 0 Å². The molecule has 2 aromatic rings. The van der Waals surface area contributed by atoms with Crippen LogP contribution in [0.3, 0.4) is 0 Å². The van der Waals surface area contributed by atoms with E-state index in [0.717, 1.165) is 6.42 Å². The number of nitrogens with two attached hydrogens (primary N) is 1. The van der Waals surface area contributed by atoms with E-state index in [-0.39, 0.29) is 11.5 Å². The van der Waals surface area contributed by atoms with Gasteiger partial charge >= 0.3 is 0 Å². The zero-order chi connectivity index (χ0) is 15.6. The average Bonchev–Trinajstić information content (AvgIpc) is 2.42. The molecule has 0 aliphatic rings. The van der Waals surface area contributed by atoms with E-state index in [4.69, 9.17) is 5.73 Å². The molecular formula is C20H27N. The second-order valence-electron chi connectivity index (χ2n) is 6.77. The third-order valence-corrected chi connectivity index (χ3v) is 4.37. The van der Waals surface area contributed by atoms with Gasteiger partial charge in [-0.05, 0) is 49.4 Å². The third-order valence-electron chi connectivity index (χ3n) is 4.37. The van der Waals surface area contributed by atoms with Gasteiger partial charge in [0.2, 0.25) is 0 Å². The minimum atomic E-state index is 0.00392. The quantitative estimate of drug-likeness (QED) is 0.876. The van der Waals surface area contributed by atoms with Crippen molar-refractivity contribution in [3.8, 4) is 0 Å². The highest BCUT2D eigenvalue weighted by molar-refractivity contribution is 5.47. The average molecular weight is 281 g/mol. The fourth-order valence-electron chi connectivity index (χ4n) is 3.15. The molecule has 0 saturated heterocycles. The van der Waals surface area contributed by atoms with Gasteiger partial charge in [0.1, 0.15) is 0 Å². The summed E-state index contributed by atoms with van der Waals surface area (Å²) in [6, 6.07) is 15.5. The van der Waals surface area contributed by atoms with Gasteiger partial charge < -0.3 is 5.73 Å². The van der Waals surface area contributed by atoms with Gasteiger partial charge in [0.15, 0.2) is 0 Å². The molecule has 1 atom stereocenters. The topological polar surface area (TPSA) is 26.0 Å². The predicted molar refractivity (Wildman–Crippen MR) is 91.8 cm³/mol. The largest absolute Gasteiger partial charge is 0.328 e. The Kier molecular flexibility index (Phi) is 4.53. The van der Waals surface area contributed by atoms with Crippen LogP contribution in [0.25, 0.3) is 0 Å². The molecule has 2 rings (SSSR count). The predicted octanol–water partition coefficient (Wildman–Crippen LogP) is 4.52. The normalized spacial score (nSPS) is 13.2. The van der Waals surface area contributed by atoms with Crippen LogP contribution in [0.15, 0.2) is 42.5 Å². The second-order valence-corrected chi connectivity index (χ2v) is 6.77. The fraction of sp³-hybridized carbons (Fsp3) is 0.400. The summed E-state index contributed by atoms with van der Waals surface area (Å²) in [7, 11) is 0. The first-order valence-electron chi connectivity index (χ1n) is 7.74. The standard InChI is InChI=1S/C20H27N/c1-14-11-17(13-15(2)21)16(3)19(12-14)20(4,5)18-9-7-6-8-10-18/h6-12,15H,13,21H2,1-5H3. The minimum Gasteiger partial charge on any atom is -0.328 e. The molecule has 0 bridgehead atoms. The summed E-state index contributed by atoms with van der Waals surface area (Å²) >= 11 is 0. The van der Waals surface area contributed by atoms with Crippen molar-refractivity contribution in [1.82, 2.24) is 0 Å². The molecular weight excluding hydrogens is 254 g/mol. The third kappa shape index (κ3) is 3.36. The van der Waals surface area contributed by atoms with Crippen LogP contribution in [0, 0.1) is 13.8 Å². The number of benzene rings is 2. The number of hydrogen-bond donors (Lipinski definition) is 1. The van der Waals surface area contributed by atoms with Crippen LogP contribution in [0.5, 0.6) is 0 Å². The van der Waals surface area contributed by atoms with E-state index in [1.54, 1.807) is 0 Å². The lowest BCUT2D eigenvalue weighted by Crippen LogP contribution is -2.23. The monoisotopic (exact) mass is 281 g/mol. The molecule has 0 radical (unpaired) electrons. The van der Waals surface area contributed by atoms with Crippen molar-refractivity contribution >= 4 is 0 Å². The van der Waals surface area contributed by atoms with Gasteiger partial charge in [0.25, 0.3) is 0 Å². The summed E-state index contributed by atoms with van der Waals surface area (Å²) in [4.78, 5) is 0. The maximum absolute atomic E-state index is 6.01. The Morgan fingerprint density at radius 3 is 2.24 bits per heavy atom. The molecule has 21 heavy (non-hydrogen) atoms. The zero-order valence-corrected chi connectivity index (χ0v) is 13.9. The maximum Gasteiger partial charge on any atom is 0.0149 e. The first-order chi connectivity index (χ1) is 9.82. The summed E-state index contributed by atoms with van der Waals surface area (Å²) in [6.07, 6.45) is 0.936. The summed E-state index contributed by atoms with van der Waals surface area (Å²) in [6.45, 7) is 11.1. The van der Waals surface area contributed by atoms with Crippen LogP contribution in [0.1, 0.15) is 48.6 Å². The van der Waals surface area contributed by atoms with Crippen LogP contribution in [-0.4, -0.2) is 6.04 Å². The lowest BCUT2D eigenvalue weighted by atomic mass is 9.74. The van der Waals surface area contributed by atoms with Gasteiger partial charge in [0.05, 0.1) is 0 Å².